The van der Waals surface area contributed by atoms with Crippen molar-refractivity contribution < 1.29 is 9.90 Å². The van der Waals surface area contributed by atoms with Crippen molar-refractivity contribution in [2.24, 2.45) is 5.92 Å². The molecule has 0 spiro atoms. The summed E-state index contributed by atoms with van der Waals surface area (Å²) in [5.41, 5.74) is 0.303. The Balaban J connectivity index is 1.99. The second-order valence-corrected chi connectivity index (χ2v) is 6.62. The molecule has 5 nitrogen and oxygen atoms in total. The Morgan fingerprint density at radius 2 is 2.35 bits per heavy atom. The molecule has 0 unspecified atom stereocenters. The maximum atomic E-state index is 11.6. The predicted octanol–water partition coefficient (Wildman–Crippen LogP) is 3.11. The Hall–Kier alpha value is -1.56. The molecule has 2 aromatic rings. The fourth-order valence-electron chi connectivity index (χ4n) is 2.42. The number of hydrogen-bond acceptors (Lipinski definition) is 4. The number of carboxylic acid groups (broad SMARTS) is 1. The number of imidazole rings is 1. The molecule has 0 amide bonds. The molecule has 2 aromatic heterocycles. The van der Waals surface area contributed by atoms with E-state index >= 15 is 0 Å². The number of thiazole rings is 1. The third-order valence-electron chi connectivity index (χ3n) is 3.65. The smallest absolute Gasteiger partial charge is 0.356 e. The van der Waals surface area contributed by atoms with E-state index < -0.39 is 5.97 Å². The van der Waals surface area contributed by atoms with Crippen LogP contribution in [0.5, 0.6) is 0 Å². The Kier molecular flexibility index (Phi) is 3.41. The van der Waals surface area contributed by atoms with Gasteiger partial charge in [-0.1, -0.05) is 13.8 Å². The lowest BCUT2D eigenvalue weighted by Crippen LogP contribution is -2.29. The molecule has 3 rings (SSSR count). The molecule has 1 fully saturated rings. The molecular formula is C14H19N3O2S. The largest absolute Gasteiger partial charge is 0.476 e. The normalized spacial score (nSPS) is 15.2. The summed E-state index contributed by atoms with van der Waals surface area (Å²) in [6, 6.07) is 0.469. The minimum atomic E-state index is -0.902. The third-order valence-corrected chi connectivity index (χ3v) is 4.41. The number of hydrogen-bond donors (Lipinski definition) is 1. The van der Waals surface area contributed by atoms with Gasteiger partial charge in [-0.05, 0) is 25.2 Å². The highest BCUT2D eigenvalue weighted by Gasteiger charge is 2.34. The standard InChI is InChI=1S/C14H19N3O2S/c1-9(2)5-6-16(10-3-4-10)12-11(13(18)19)17-7-8-20-14(17)15-12/h7-10H,3-6H2,1-2H3,(H,18,19). The van der Waals surface area contributed by atoms with E-state index in [0.29, 0.717) is 23.5 Å². The van der Waals surface area contributed by atoms with Crippen LogP contribution in [0.1, 0.15) is 43.6 Å². The Labute approximate surface area is 121 Å². The van der Waals surface area contributed by atoms with E-state index in [0.717, 1.165) is 30.8 Å². The van der Waals surface area contributed by atoms with Crippen molar-refractivity contribution in [1.82, 2.24) is 9.38 Å². The van der Waals surface area contributed by atoms with Crippen LogP contribution in [0.2, 0.25) is 0 Å². The average molecular weight is 293 g/mol. The van der Waals surface area contributed by atoms with Crippen LogP contribution in [-0.4, -0.2) is 33.0 Å². The highest BCUT2D eigenvalue weighted by molar-refractivity contribution is 7.15. The summed E-state index contributed by atoms with van der Waals surface area (Å²) >= 11 is 1.48. The molecule has 1 N–H and O–H groups in total. The third kappa shape index (κ3) is 2.40. The van der Waals surface area contributed by atoms with E-state index in [2.05, 4.69) is 23.7 Å². The summed E-state index contributed by atoms with van der Waals surface area (Å²) in [6.07, 6.45) is 5.12. The van der Waals surface area contributed by atoms with Gasteiger partial charge in [0.25, 0.3) is 0 Å². The first-order chi connectivity index (χ1) is 9.58. The summed E-state index contributed by atoms with van der Waals surface area (Å²) in [7, 11) is 0. The Morgan fingerprint density at radius 3 is 2.95 bits per heavy atom. The fraction of sp³-hybridized carbons (Fsp3) is 0.571. The second kappa shape index (κ2) is 5.09. The molecule has 6 heteroatoms. The molecule has 20 heavy (non-hydrogen) atoms. The van der Waals surface area contributed by atoms with Gasteiger partial charge in [-0.15, -0.1) is 11.3 Å². The van der Waals surface area contributed by atoms with E-state index in [1.54, 1.807) is 10.6 Å². The minimum Gasteiger partial charge on any atom is -0.476 e. The van der Waals surface area contributed by atoms with Crippen LogP contribution in [0.3, 0.4) is 0 Å². The molecule has 2 heterocycles. The molecule has 0 aliphatic heterocycles. The number of anilines is 1. The van der Waals surface area contributed by atoms with E-state index in [9.17, 15) is 9.90 Å². The lowest BCUT2D eigenvalue weighted by molar-refractivity contribution is 0.0690. The molecule has 1 aliphatic carbocycles. The number of rotatable bonds is 6. The number of carbonyl (C=O) groups is 1. The molecule has 0 aromatic carbocycles. The zero-order valence-electron chi connectivity index (χ0n) is 11.7. The number of fused-ring (bicyclic) bond motifs is 1. The summed E-state index contributed by atoms with van der Waals surface area (Å²) in [6.45, 7) is 5.26. The van der Waals surface area contributed by atoms with Gasteiger partial charge in [0.2, 0.25) is 0 Å². The Bertz CT molecular complexity index is 627. The van der Waals surface area contributed by atoms with Gasteiger partial charge in [0.15, 0.2) is 16.5 Å². The van der Waals surface area contributed by atoms with E-state index in [1.807, 2.05) is 5.38 Å². The van der Waals surface area contributed by atoms with Crippen LogP contribution in [0, 0.1) is 5.92 Å². The van der Waals surface area contributed by atoms with Crippen molar-refractivity contribution in [2.45, 2.75) is 39.2 Å². The molecule has 0 atom stereocenters. The van der Waals surface area contributed by atoms with Crippen molar-refractivity contribution in [2.75, 3.05) is 11.4 Å². The first kappa shape index (κ1) is 13.4. The van der Waals surface area contributed by atoms with Gasteiger partial charge in [-0.2, -0.15) is 0 Å². The molecule has 1 saturated carbocycles. The van der Waals surface area contributed by atoms with Crippen LogP contribution in [0.4, 0.5) is 5.82 Å². The van der Waals surface area contributed by atoms with Crippen molar-refractivity contribution in [1.29, 1.82) is 0 Å². The highest BCUT2D eigenvalue weighted by Crippen LogP contribution is 2.34. The topological polar surface area (TPSA) is 57.8 Å². The van der Waals surface area contributed by atoms with Crippen LogP contribution >= 0.6 is 11.3 Å². The van der Waals surface area contributed by atoms with E-state index in [-0.39, 0.29) is 0 Å². The van der Waals surface area contributed by atoms with E-state index in [1.165, 1.54) is 11.3 Å². The van der Waals surface area contributed by atoms with Crippen LogP contribution < -0.4 is 4.90 Å². The summed E-state index contributed by atoms with van der Waals surface area (Å²) in [4.78, 5) is 19.1. The quantitative estimate of drug-likeness (QED) is 0.889. The molecular weight excluding hydrogens is 274 g/mol. The van der Waals surface area contributed by atoms with Crippen molar-refractivity contribution in [3.63, 3.8) is 0 Å². The zero-order chi connectivity index (χ0) is 14.3. The van der Waals surface area contributed by atoms with Gasteiger partial charge >= 0.3 is 5.97 Å². The van der Waals surface area contributed by atoms with Gasteiger partial charge in [-0.25, -0.2) is 9.78 Å². The van der Waals surface area contributed by atoms with Crippen molar-refractivity contribution >= 4 is 28.1 Å². The molecule has 1 aliphatic rings. The van der Waals surface area contributed by atoms with Crippen molar-refractivity contribution in [3.05, 3.63) is 17.3 Å². The summed E-state index contributed by atoms with van der Waals surface area (Å²) in [5, 5.41) is 11.4. The van der Waals surface area contributed by atoms with Crippen LogP contribution in [0.25, 0.3) is 4.96 Å². The van der Waals surface area contributed by atoms with Gasteiger partial charge in [0.1, 0.15) is 0 Å². The highest BCUT2D eigenvalue weighted by atomic mass is 32.1. The fourth-order valence-corrected chi connectivity index (χ4v) is 3.13. The van der Waals surface area contributed by atoms with Gasteiger partial charge < -0.3 is 10.0 Å². The maximum Gasteiger partial charge on any atom is 0.356 e. The molecule has 108 valence electrons. The molecule has 0 radical (unpaired) electrons. The molecule has 0 saturated heterocycles. The van der Waals surface area contributed by atoms with Gasteiger partial charge in [-0.3, -0.25) is 4.40 Å². The van der Waals surface area contributed by atoms with Crippen molar-refractivity contribution in [3.8, 4) is 0 Å². The predicted molar refractivity (Wildman–Crippen MR) is 79.9 cm³/mol. The van der Waals surface area contributed by atoms with Crippen LogP contribution in [0.15, 0.2) is 11.6 Å². The number of nitrogens with zero attached hydrogens (tertiary/aromatic N) is 3. The number of aromatic nitrogens is 2. The summed E-state index contributed by atoms with van der Waals surface area (Å²) in [5.74, 6) is 0.349. The Morgan fingerprint density at radius 1 is 1.60 bits per heavy atom. The number of aromatic carboxylic acids is 1. The minimum absolute atomic E-state index is 0.303. The number of carboxylic acids is 1. The zero-order valence-corrected chi connectivity index (χ0v) is 12.6. The van der Waals surface area contributed by atoms with Gasteiger partial charge in [0, 0.05) is 24.2 Å². The first-order valence-corrected chi connectivity index (χ1v) is 7.91. The lowest BCUT2D eigenvalue weighted by Gasteiger charge is -2.23. The second-order valence-electron chi connectivity index (χ2n) is 5.75. The lowest BCUT2D eigenvalue weighted by atomic mass is 10.1. The first-order valence-electron chi connectivity index (χ1n) is 7.03. The monoisotopic (exact) mass is 293 g/mol. The van der Waals surface area contributed by atoms with E-state index in [4.69, 9.17) is 0 Å². The molecule has 0 bridgehead atoms. The maximum absolute atomic E-state index is 11.6. The van der Waals surface area contributed by atoms with Gasteiger partial charge in [0.05, 0.1) is 0 Å². The van der Waals surface area contributed by atoms with Crippen LogP contribution in [-0.2, 0) is 0 Å². The SMILES string of the molecule is CC(C)CCN(c1nc2sccn2c1C(=O)O)C1CC1. The average Bonchev–Trinajstić information content (AvgIpc) is 2.97. The summed E-state index contributed by atoms with van der Waals surface area (Å²) < 4.78 is 1.69.